The number of hydrogen-bond acceptors (Lipinski definition) is 4. The number of amides is 1. The fraction of sp³-hybridized carbons (Fsp3) is 0.938. The first-order valence-electron chi connectivity index (χ1n) is 9.01. The van der Waals surface area contributed by atoms with Crippen molar-refractivity contribution in [3.8, 4) is 0 Å². The highest BCUT2D eigenvalue weighted by atomic mass is 32.2. The summed E-state index contributed by atoms with van der Waals surface area (Å²) < 4.78 is 25.6. The third-order valence-electron chi connectivity index (χ3n) is 4.83. The lowest BCUT2D eigenvalue weighted by Crippen LogP contribution is -2.44. The van der Waals surface area contributed by atoms with Gasteiger partial charge in [-0.05, 0) is 58.2 Å². The van der Waals surface area contributed by atoms with Gasteiger partial charge < -0.3 is 10.2 Å². The molecule has 6 nitrogen and oxygen atoms in total. The molecule has 0 aliphatic carbocycles. The van der Waals surface area contributed by atoms with E-state index in [4.69, 9.17) is 0 Å². The fourth-order valence-electron chi connectivity index (χ4n) is 3.45. The fourth-order valence-corrected chi connectivity index (χ4v) is 4.99. The maximum atomic E-state index is 12.2. The molecule has 0 bridgehead atoms. The number of nitrogens with one attached hydrogen (secondary N) is 1. The van der Waals surface area contributed by atoms with Gasteiger partial charge in [-0.2, -0.15) is 0 Å². The molecule has 2 aliphatic heterocycles. The minimum atomic E-state index is -3.12. The van der Waals surface area contributed by atoms with Gasteiger partial charge in [0.15, 0.2) is 0 Å². The molecule has 7 heteroatoms. The van der Waals surface area contributed by atoms with Crippen molar-refractivity contribution >= 4 is 15.9 Å². The second kappa shape index (κ2) is 8.99. The lowest BCUT2D eigenvalue weighted by molar-refractivity contribution is -0.126. The monoisotopic (exact) mass is 345 g/mol. The Morgan fingerprint density at radius 2 is 1.78 bits per heavy atom. The van der Waals surface area contributed by atoms with Crippen molar-refractivity contribution in [2.24, 2.45) is 5.92 Å². The van der Waals surface area contributed by atoms with E-state index in [0.29, 0.717) is 32.4 Å². The number of rotatable bonds is 8. The zero-order valence-electron chi connectivity index (χ0n) is 14.3. The van der Waals surface area contributed by atoms with Crippen LogP contribution in [0.2, 0.25) is 0 Å². The van der Waals surface area contributed by atoms with E-state index in [9.17, 15) is 13.2 Å². The molecule has 134 valence electrons. The summed E-state index contributed by atoms with van der Waals surface area (Å²) >= 11 is 0. The largest absolute Gasteiger partial charge is 0.356 e. The Hall–Kier alpha value is -0.660. The Balaban J connectivity index is 1.63. The van der Waals surface area contributed by atoms with Gasteiger partial charge in [-0.3, -0.25) is 4.79 Å². The molecule has 0 saturated carbocycles. The smallest absolute Gasteiger partial charge is 0.223 e. The lowest BCUT2D eigenvalue weighted by atomic mass is 9.97. The number of likely N-dealkylation sites (tertiary alicyclic amines) is 1. The van der Waals surface area contributed by atoms with Gasteiger partial charge in [-0.15, -0.1) is 0 Å². The van der Waals surface area contributed by atoms with Crippen molar-refractivity contribution < 1.29 is 13.2 Å². The molecule has 0 aromatic heterocycles. The SMILES string of the molecule is CCCS(=O)(=O)N1CCC(C(=O)NCCCN2CCCC2)CC1. The van der Waals surface area contributed by atoms with E-state index in [0.717, 1.165) is 19.5 Å². The second-order valence-electron chi connectivity index (χ2n) is 6.68. The molecule has 0 aromatic carbocycles. The van der Waals surface area contributed by atoms with Gasteiger partial charge in [0.25, 0.3) is 0 Å². The Morgan fingerprint density at radius 3 is 2.39 bits per heavy atom. The summed E-state index contributed by atoms with van der Waals surface area (Å²) in [5.74, 6) is 0.272. The summed E-state index contributed by atoms with van der Waals surface area (Å²) in [6.45, 7) is 7.01. The van der Waals surface area contributed by atoms with E-state index in [1.165, 1.54) is 25.9 Å². The molecule has 0 radical (unpaired) electrons. The van der Waals surface area contributed by atoms with Crippen LogP contribution in [0.5, 0.6) is 0 Å². The van der Waals surface area contributed by atoms with Crippen molar-refractivity contribution in [2.75, 3.05) is 45.0 Å². The molecule has 2 aliphatic rings. The van der Waals surface area contributed by atoms with Crippen LogP contribution in [-0.4, -0.2) is 68.6 Å². The standard InChI is InChI=1S/C16H31N3O3S/c1-2-14-23(21,22)19-12-6-15(7-13-19)16(20)17-8-5-11-18-9-3-4-10-18/h15H,2-14H2,1H3,(H,17,20). The van der Waals surface area contributed by atoms with Gasteiger partial charge in [0, 0.05) is 25.6 Å². The number of nitrogens with zero attached hydrogens (tertiary/aromatic N) is 2. The van der Waals surface area contributed by atoms with Gasteiger partial charge >= 0.3 is 0 Å². The topological polar surface area (TPSA) is 69.7 Å². The molecule has 2 heterocycles. The molecular formula is C16H31N3O3S. The zero-order chi connectivity index (χ0) is 16.7. The predicted molar refractivity (Wildman–Crippen MR) is 91.7 cm³/mol. The summed E-state index contributed by atoms with van der Waals surface area (Å²) in [4.78, 5) is 14.6. The third kappa shape index (κ3) is 5.72. The molecule has 1 N–H and O–H groups in total. The molecule has 2 fully saturated rings. The minimum absolute atomic E-state index is 0.0325. The van der Waals surface area contributed by atoms with Crippen LogP contribution >= 0.6 is 0 Å². The highest BCUT2D eigenvalue weighted by Gasteiger charge is 2.30. The van der Waals surface area contributed by atoms with Crippen molar-refractivity contribution in [3.05, 3.63) is 0 Å². The molecule has 0 aromatic rings. The predicted octanol–water partition coefficient (Wildman–Crippen LogP) is 1.04. The lowest BCUT2D eigenvalue weighted by Gasteiger charge is -2.30. The molecule has 1 amide bonds. The van der Waals surface area contributed by atoms with Gasteiger partial charge in [0.2, 0.25) is 15.9 Å². The van der Waals surface area contributed by atoms with Crippen molar-refractivity contribution in [1.82, 2.24) is 14.5 Å². The number of piperidine rings is 1. The highest BCUT2D eigenvalue weighted by molar-refractivity contribution is 7.89. The van der Waals surface area contributed by atoms with Crippen LogP contribution in [0.3, 0.4) is 0 Å². The minimum Gasteiger partial charge on any atom is -0.356 e. The first-order chi connectivity index (χ1) is 11.0. The van der Waals surface area contributed by atoms with Gasteiger partial charge in [-0.25, -0.2) is 12.7 Å². The average Bonchev–Trinajstić information content (AvgIpc) is 3.05. The Bertz CT molecular complexity index is 467. The van der Waals surface area contributed by atoms with E-state index in [1.807, 2.05) is 6.92 Å². The van der Waals surface area contributed by atoms with E-state index in [-0.39, 0.29) is 17.6 Å². The summed E-state index contributed by atoms with van der Waals surface area (Å²) in [6, 6.07) is 0. The molecule has 0 unspecified atom stereocenters. The van der Waals surface area contributed by atoms with Crippen molar-refractivity contribution in [1.29, 1.82) is 0 Å². The maximum absolute atomic E-state index is 12.2. The van der Waals surface area contributed by atoms with Crippen molar-refractivity contribution in [2.45, 2.75) is 45.4 Å². The van der Waals surface area contributed by atoms with Gasteiger partial charge in [-0.1, -0.05) is 6.92 Å². The molecule has 23 heavy (non-hydrogen) atoms. The summed E-state index contributed by atoms with van der Waals surface area (Å²) in [5, 5.41) is 3.02. The van der Waals surface area contributed by atoms with Gasteiger partial charge in [0.1, 0.15) is 0 Å². The van der Waals surface area contributed by atoms with E-state index < -0.39 is 10.0 Å². The van der Waals surface area contributed by atoms with Crippen LogP contribution < -0.4 is 5.32 Å². The van der Waals surface area contributed by atoms with Crippen LogP contribution in [-0.2, 0) is 14.8 Å². The quantitative estimate of drug-likeness (QED) is 0.668. The molecule has 2 saturated heterocycles. The first kappa shape index (κ1) is 18.7. The van der Waals surface area contributed by atoms with Crippen molar-refractivity contribution in [3.63, 3.8) is 0 Å². The van der Waals surface area contributed by atoms with E-state index >= 15 is 0 Å². The highest BCUT2D eigenvalue weighted by Crippen LogP contribution is 2.20. The molecular weight excluding hydrogens is 314 g/mol. The van der Waals surface area contributed by atoms with E-state index in [2.05, 4.69) is 10.2 Å². The van der Waals surface area contributed by atoms with Crippen LogP contribution in [0.25, 0.3) is 0 Å². The van der Waals surface area contributed by atoms with Crippen LogP contribution in [0, 0.1) is 5.92 Å². The molecule has 2 rings (SSSR count). The Kier molecular flexibility index (Phi) is 7.30. The number of carbonyl (C=O) groups is 1. The first-order valence-corrected chi connectivity index (χ1v) is 10.6. The average molecular weight is 346 g/mol. The second-order valence-corrected chi connectivity index (χ2v) is 8.77. The number of sulfonamides is 1. The molecule has 0 spiro atoms. The van der Waals surface area contributed by atoms with Crippen LogP contribution in [0.1, 0.15) is 45.4 Å². The molecule has 0 atom stereocenters. The number of carbonyl (C=O) groups excluding carboxylic acids is 1. The van der Waals surface area contributed by atoms with Gasteiger partial charge in [0.05, 0.1) is 5.75 Å². The van der Waals surface area contributed by atoms with Crippen LogP contribution in [0.4, 0.5) is 0 Å². The third-order valence-corrected chi connectivity index (χ3v) is 6.91. The van der Waals surface area contributed by atoms with E-state index in [1.54, 1.807) is 4.31 Å². The summed E-state index contributed by atoms with van der Waals surface area (Å²) in [5.41, 5.74) is 0. The summed E-state index contributed by atoms with van der Waals surface area (Å²) in [7, 11) is -3.12. The maximum Gasteiger partial charge on any atom is 0.223 e. The Morgan fingerprint density at radius 1 is 1.13 bits per heavy atom. The summed E-state index contributed by atoms with van der Waals surface area (Å²) in [6.07, 6.45) is 5.51. The normalized spacial score (nSPS) is 21.6. The van der Waals surface area contributed by atoms with Crippen LogP contribution in [0.15, 0.2) is 0 Å². The Labute approximate surface area is 140 Å². The zero-order valence-corrected chi connectivity index (χ0v) is 15.1. The number of hydrogen-bond donors (Lipinski definition) is 1.